The smallest absolute Gasteiger partial charge is 0.276 e. The topological polar surface area (TPSA) is 47.8 Å². The van der Waals surface area contributed by atoms with Crippen molar-refractivity contribution in [2.75, 3.05) is 0 Å². The molecule has 1 aromatic carbocycles. The predicted octanol–water partition coefficient (Wildman–Crippen LogP) is 3.62. The van der Waals surface area contributed by atoms with Crippen molar-refractivity contribution < 1.29 is 0 Å². The summed E-state index contributed by atoms with van der Waals surface area (Å²) in [6, 6.07) is 11.6. The molecule has 0 amide bonds. The Hall–Kier alpha value is -2.20. The van der Waals surface area contributed by atoms with Crippen LogP contribution in [0.3, 0.4) is 0 Å². The molecule has 0 bridgehead atoms. The van der Waals surface area contributed by atoms with Crippen molar-refractivity contribution in [3.05, 3.63) is 68.9 Å². The first kappa shape index (κ1) is 15.7. The zero-order chi connectivity index (χ0) is 16.4. The Kier molecular flexibility index (Phi) is 4.44. The van der Waals surface area contributed by atoms with Gasteiger partial charge in [0.25, 0.3) is 0 Å². The first-order valence-electron chi connectivity index (χ1n) is 7.76. The van der Waals surface area contributed by atoms with E-state index in [2.05, 4.69) is 16.9 Å². The molecule has 118 valence electrons. The highest BCUT2D eigenvalue weighted by molar-refractivity contribution is 6.30. The number of hydrogen-bond acceptors (Lipinski definition) is 3. The fourth-order valence-corrected chi connectivity index (χ4v) is 2.78. The summed E-state index contributed by atoms with van der Waals surface area (Å²) in [5, 5.41) is 1.63. The molecule has 2 aromatic heterocycles. The van der Waals surface area contributed by atoms with Crippen molar-refractivity contribution >= 4 is 22.6 Å². The third-order valence-electron chi connectivity index (χ3n) is 3.92. The van der Waals surface area contributed by atoms with Crippen LogP contribution < -0.4 is 5.69 Å². The minimum absolute atomic E-state index is 0.246. The number of rotatable bonds is 4. The number of hydrogen-bond donors (Lipinski definition) is 0. The van der Waals surface area contributed by atoms with Gasteiger partial charge in [0.2, 0.25) is 0 Å². The Balaban J connectivity index is 2.17. The summed E-state index contributed by atoms with van der Waals surface area (Å²) in [6.45, 7) is 4.55. The highest BCUT2D eigenvalue weighted by Crippen LogP contribution is 2.19. The molecule has 5 heteroatoms. The maximum atomic E-state index is 12.3. The fourth-order valence-electron chi connectivity index (χ4n) is 2.66. The third kappa shape index (κ3) is 3.13. The Bertz CT molecular complexity index is 901. The molecule has 3 aromatic rings. The van der Waals surface area contributed by atoms with Gasteiger partial charge in [-0.25, -0.2) is 9.78 Å². The summed E-state index contributed by atoms with van der Waals surface area (Å²) < 4.78 is 1.62. The lowest BCUT2D eigenvalue weighted by Crippen LogP contribution is -2.25. The van der Waals surface area contributed by atoms with E-state index >= 15 is 0 Å². The Labute approximate surface area is 139 Å². The van der Waals surface area contributed by atoms with Gasteiger partial charge in [-0.2, -0.15) is 4.98 Å². The Morgan fingerprint density at radius 3 is 2.43 bits per heavy atom. The van der Waals surface area contributed by atoms with Gasteiger partial charge in [-0.3, -0.25) is 4.57 Å². The second-order valence-corrected chi connectivity index (χ2v) is 5.85. The van der Waals surface area contributed by atoms with Crippen LogP contribution in [0.15, 0.2) is 41.2 Å². The van der Waals surface area contributed by atoms with E-state index in [1.807, 2.05) is 43.3 Å². The second-order valence-electron chi connectivity index (χ2n) is 5.42. The summed E-state index contributed by atoms with van der Waals surface area (Å²) in [6.07, 6.45) is 1.42. The number of aromatic nitrogens is 3. The number of halogens is 1. The molecule has 0 saturated heterocycles. The van der Waals surface area contributed by atoms with Gasteiger partial charge in [-0.1, -0.05) is 30.7 Å². The molecule has 0 spiro atoms. The number of pyridine rings is 1. The number of fused-ring (bicyclic) bond motifs is 1. The molecule has 23 heavy (non-hydrogen) atoms. The first-order valence-corrected chi connectivity index (χ1v) is 8.14. The minimum atomic E-state index is -0.246. The van der Waals surface area contributed by atoms with Crippen LogP contribution in [0, 0.1) is 0 Å². The zero-order valence-electron chi connectivity index (χ0n) is 13.2. The SMILES string of the molecule is CCc1ccc2c(Cc3ccc(Cl)cc3)nc(=O)n(CC)c2n1. The first-order chi connectivity index (χ1) is 11.1. The summed E-state index contributed by atoms with van der Waals surface area (Å²) in [5.74, 6) is 0. The highest BCUT2D eigenvalue weighted by atomic mass is 35.5. The number of benzene rings is 1. The van der Waals surface area contributed by atoms with Crippen molar-refractivity contribution in [2.45, 2.75) is 33.2 Å². The summed E-state index contributed by atoms with van der Waals surface area (Å²) in [4.78, 5) is 21.2. The van der Waals surface area contributed by atoms with E-state index in [0.717, 1.165) is 34.4 Å². The molecule has 2 heterocycles. The molecule has 0 saturated carbocycles. The molecule has 0 radical (unpaired) electrons. The summed E-state index contributed by atoms with van der Waals surface area (Å²) in [7, 11) is 0. The quantitative estimate of drug-likeness (QED) is 0.735. The van der Waals surface area contributed by atoms with Crippen molar-refractivity contribution in [2.24, 2.45) is 0 Å². The molecule has 0 fully saturated rings. The van der Waals surface area contributed by atoms with Gasteiger partial charge < -0.3 is 0 Å². The predicted molar refractivity (Wildman–Crippen MR) is 93.1 cm³/mol. The maximum absolute atomic E-state index is 12.3. The molecule has 0 aliphatic rings. The maximum Gasteiger partial charge on any atom is 0.349 e. The van der Waals surface area contributed by atoms with Crippen LogP contribution in [0.25, 0.3) is 11.0 Å². The van der Waals surface area contributed by atoms with Crippen molar-refractivity contribution in [3.63, 3.8) is 0 Å². The lowest BCUT2D eigenvalue weighted by atomic mass is 10.1. The van der Waals surface area contributed by atoms with Gasteiger partial charge in [0.1, 0.15) is 5.65 Å². The van der Waals surface area contributed by atoms with E-state index in [1.54, 1.807) is 4.57 Å². The summed E-state index contributed by atoms with van der Waals surface area (Å²) in [5.41, 5.74) is 3.27. The molecule has 0 aliphatic heterocycles. The van der Waals surface area contributed by atoms with Crippen LogP contribution in [0.2, 0.25) is 5.02 Å². The fraction of sp³-hybridized carbons (Fsp3) is 0.278. The van der Waals surface area contributed by atoms with Crippen LogP contribution >= 0.6 is 11.6 Å². The molecule has 3 rings (SSSR count). The standard InChI is InChI=1S/C18H18ClN3O/c1-3-14-9-10-15-16(11-12-5-7-13(19)8-6-12)21-18(23)22(4-2)17(15)20-14/h5-10H,3-4,11H2,1-2H3. The van der Waals surface area contributed by atoms with E-state index in [4.69, 9.17) is 11.6 Å². The van der Waals surface area contributed by atoms with Crippen LogP contribution in [0.5, 0.6) is 0 Å². The van der Waals surface area contributed by atoms with E-state index < -0.39 is 0 Å². The molecule has 0 unspecified atom stereocenters. The lowest BCUT2D eigenvalue weighted by Gasteiger charge is -2.11. The zero-order valence-corrected chi connectivity index (χ0v) is 14.0. The van der Waals surface area contributed by atoms with E-state index in [9.17, 15) is 4.79 Å². The van der Waals surface area contributed by atoms with Gasteiger partial charge in [-0.15, -0.1) is 0 Å². The molecular formula is C18H18ClN3O. The van der Waals surface area contributed by atoms with Crippen LogP contribution in [0.1, 0.15) is 30.8 Å². The lowest BCUT2D eigenvalue weighted by molar-refractivity contribution is 0.713. The molecular weight excluding hydrogens is 310 g/mol. The molecule has 0 atom stereocenters. The van der Waals surface area contributed by atoms with Crippen molar-refractivity contribution in [1.82, 2.24) is 14.5 Å². The van der Waals surface area contributed by atoms with Crippen molar-refractivity contribution in [1.29, 1.82) is 0 Å². The van der Waals surface area contributed by atoms with Crippen molar-refractivity contribution in [3.8, 4) is 0 Å². The summed E-state index contributed by atoms with van der Waals surface area (Å²) >= 11 is 5.93. The molecule has 0 N–H and O–H groups in total. The van der Waals surface area contributed by atoms with Crippen LogP contribution in [0.4, 0.5) is 0 Å². The van der Waals surface area contributed by atoms with Gasteiger partial charge in [0.05, 0.1) is 5.69 Å². The van der Waals surface area contributed by atoms with Gasteiger partial charge in [-0.05, 0) is 43.2 Å². The largest absolute Gasteiger partial charge is 0.349 e. The number of nitrogens with zero attached hydrogens (tertiary/aromatic N) is 3. The Morgan fingerprint density at radius 1 is 1.04 bits per heavy atom. The van der Waals surface area contributed by atoms with Gasteiger partial charge >= 0.3 is 5.69 Å². The van der Waals surface area contributed by atoms with E-state index in [-0.39, 0.29) is 5.69 Å². The third-order valence-corrected chi connectivity index (χ3v) is 4.18. The minimum Gasteiger partial charge on any atom is -0.276 e. The molecule has 0 aliphatic carbocycles. The van der Waals surface area contributed by atoms with E-state index in [1.165, 1.54) is 0 Å². The van der Waals surface area contributed by atoms with Gasteiger partial charge in [0.15, 0.2) is 0 Å². The average molecular weight is 328 g/mol. The number of aryl methyl sites for hydroxylation is 2. The second kappa shape index (κ2) is 6.50. The Morgan fingerprint density at radius 2 is 1.78 bits per heavy atom. The van der Waals surface area contributed by atoms with Crippen LogP contribution in [-0.2, 0) is 19.4 Å². The average Bonchev–Trinajstić information content (AvgIpc) is 2.56. The normalized spacial score (nSPS) is 11.1. The highest BCUT2D eigenvalue weighted by Gasteiger charge is 2.12. The molecule has 4 nitrogen and oxygen atoms in total. The van der Waals surface area contributed by atoms with Crippen LogP contribution in [-0.4, -0.2) is 14.5 Å². The van der Waals surface area contributed by atoms with E-state index in [0.29, 0.717) is 18.0 Å². The monoisotopic (exact) mass is 327 g/mol. The van der Waals surface area contributed by atoms with Gasteiger partial charge in [0, 0.05) is 29.1 Å².